The summed E-state index contributed by atoms with van der Waals surface area (Å²) in [7, 11) is 3.20. The minimum absolute atomic E-state index is 0.358. The SMILES string of the molecule is COc1ccc(NC(=O)C(=O)NCCCN2CCN(c3ccccc3OC)CC2)cc1Cl. The molecular formula is C23H29ClN4O4. The third-order valence-electron chi connectivity index (χ3n) is 5.35. The smallest absolute Gasteiger partial charge is 0.313 e. The molecule has 2 N–H and O–H groups in total. The van der Waals surface area contributed by atoms with E-state index in [1.165, 1.54) is 13.2 Å². The van der Waals surface area contributed by atoms with Gasteiger partial charge < -0.3 is 25.0 Å². The minimum atomic E-state index is -0.725. The maximum absolute atomic E-state index is 12.1. The second-order valence-corrected chi connectivity index (χ2v) is 7.82. The van der Waals surface area contributed by atoms with E-state index in [2.05, 4.69) is 26.5 Å². The molecule has 9 heteroatoms. The first-order valence-electron chi connectivity index (χ1n) is 10.5. The van der Waals surface area contributed by atoms with Crippen LogP contribution in [0.5, 0.6) is 11.5 Å². The summed E-state index contributed by atoms with van der Waals surface area (Å²) in [5.74, 6) is -0.00806. The van der Waals surface area contributed by atoms with E-state index in [0.717, 1.165) is 50.6 Å². The molecule has 1 aliphatic heterocycles. The highest BCUT2D eigenvalue weighted by Crippen LogP contribution is 2.28. The van der Waals surface area contributed by atoms with Crippen molar-refractivity contribution in [2.24, 2.45) is 0 Å². The predicted molar refractivity (Wildman–Crippen MR) is 126 cm³/mol. The Morgan fingerprint density at radius 1 is 0.969 bits per heavy atom. The molecule has 1 fully saturated rings. The van der Waals surface area contributed by atoms with Crippen LogP contribution in [0.3, 0.4) is 0 Å². The molecule has 0 atom stereocenters. The van der Waals surface area contributed by atoms with Gasteiger partial charge in [0.2, 0.25) is 0 Å². The highest BCUT2D eigenvalue weighted by Gasteiger charge is 2.19. The summed E-state index contributed by atoms with van der Waals surface area (Å²) in [5.41, 5.74) is 1.55. The summed E-state index contributed by atoms with van der Waals surface area (Å²) in [6.07, 6.45) is 0.766. The van der Waals surface area contributed by atoms with Crippen LogP contribution >= 0.6 is 11.6 Å². The van der Waals surface area contributed by atoms with Crippen molar-refractivity contribution in [1.29, 1.82) is 0 Å². The van der Waals surface area contributed by atoms with Crippen molar-refractivity contribution < 1.29 is 19.1 Å². The molecule has 0 spiro atoms. The fourth-order valence-electron chi connectivity index (χ4n) is 3.62. The number of hydrogen-bond acceptors (Lipinski definition) is 6. The van der Waals surface area contributed by atoms with Crippen LogP contribution in [-0.2, 0) is 9.59 Å². The zero-order chi connectivity index (χ0) is 22.9. The lowest BCUT2D eigenvalue weighted by molar-refractivity contribution is -0.136. The topological polar surface area (TPSA) is 83.1 Å². The number of para-hydroxylation sites is 2. The Hall–Kier alpha value is -2.97. The van der Waals surface area contributed by atoms with Crippen LogP contribution < -0.4 is 25.0 Å². The number of ether oxygens (including phenoxy) is 2. The highest BCUT2D eigenvalue weighted by atomic mass is 35.5. The molecule has 0 bridgehead atoms. The number of amides is 2. The van der Waals surface area contributed by atoms with Gasteiger partial charge in [0.15, 0.2) is 0 Å². The first-order valence-corrected chi connectivity index (χ1v) is 10.9. The van der Waals surface area contributed by atoms with Gasteiger partial charge in [0.25, 0.3) is 0 Å². The van der Waals surface area contributed by atoms with Crippen molar-refractivity contribution >= 4 is 34.8 Å². The summed E-state index contributed by atoms with van der Waals surface area (Å²) in [6.45, 7) is 4.99. The number of carbonyl (C=O) groups is 2. The van der Waals surface area contributed by atoms with Crippen LogP contribution in [0.1, 0.15) is 6.42 Å². The lowest BCUT2D eigenvalue weighted by Crippen LogP contribution is -2.47. The Kier molecular flexibility index (Phi) is 8.58. The Morgan fingerprint density at radius 3 is 2.38 bits per heavy atom. The Bertz CT molecular complexity index is 932. The fourth-order valence-corrected chi connectivity index (χ4v) is 3.88. The van der Waals surface area contributed by atoms with Crippen molar-refractivity contribution in [3.8, 4) is 11.5 Å². The third-order valence-corrected chi connectivity index (χ3v) is 5.65. The maximum Gasteiger partial charge on any atom is 0.313 e. The summed E-state index contributed by atoms with van der Waals surface area (Å²) in [4.78, 5) is 28.8. The monoisotopic (exact) mass is 460 g/mol. The standard InChI is InChI=1S/C23H29ClN4O4/c1-31-20-9-8-17(16-18(20)24)26-23(30)22(29)25-10-5-11-27-12-14-28(15-13-27)19-6-3-4-7-21(19)32-2/h3-4,6-9,16H,5,10-15H2,1-2H3,(H,25,29)(H,26,30). The largest absolute Gasteiger partial charge is 0.495 e. The van der Waals surface area contributed by atoms with Crippen LogP contribution in [0, 0.1) is 0 Å². The molecule has 1 saturated heterocycles. The third kappa shape index (κ3) is 6.27. The molecule has 2 aromatic rings. The van der Waals surface area contributed by atoms with E-state index in [1.54, 1.807) is 19.2 Å². The lowest BCUT2D eigenvalue weighted by atomic mass is 10.2. The molecule has 2 amide bonds. The molecule has 1 aliphatic rings. The van der Waals surface area contributed by atoms with E-state index in [9.17, 15) is 9.59 Å². The zero-order valence-corrected chi connectivity index (χ0v) is 19.2. The quantitative estimate of drug-likeness (QED) is 0.465. The van der Waals surface area contributed by atoms with Gasteiger partial charge in [0.1, 0.15) is 11.5 Å². The number of nitrogens with zero attached hydrogens (tertiary/aromatic N) is 2. The van der Waals surface area contributed by atoms with Crippen LogP contribution in [0.25, 0.3) is 0 Å². The second-order valence-electron chi connectivity index (χ2n) is 7.41. The van der Waals surface area contributed by atoms with E-state index in [-0.39, 0.29) is 0 Å². The summed E-state index contributed by atoms with van der Waals surface area (Å²) in [5, 5.41) is 5.56. The average Bonchev–Trinajstić information content (AvgIpc) is 2.82. The number of piperazine rings is 1. The Morgan fingerprint density at radius 2 is 1.69 bits per heavy atom. The molecule has 0 saturated carbocycles. The highest BCUT2D eigenvalue weighted by molar-refractivity contribution is 6.40. The van der Waals surface area contributed by atoms with Crippen molar-refractivity contribution in [1.82, 2.24) is 10.2 Å². The number of benzene rings is 2. The van der Waals surface area contributed by atoms with Crippen LogP contribution in [0.15, 0.2) is 42.5 Å². The molecule has 0 aliphatic carbocycles. The number of methoxy groups -OCH3 is 2. The van der Waals surface area contributed by atoms with Gasteiger partial charge in [-0.1, -0.05) is 23.7 Å². The average molecular weight is 461 g/mol. The van der Waals surface area contributed by atoms with Crippen molar-refractivity contribution in [2.45, 2.75) is 6.42 Å². The van der Waals surface area contributed by atoms with Crippen molar-refractivity contribution in [3.63, 3.8) is 0 Å². The first kappa shape index (κ1) is 23.7. The molecule has 0 radical (unpaired) electrons. The van der Waals surface area contributed by atoms with E-state index in [4.69, 9.17) is 21.1 Å². The van der Waals surface area contributed by atoms with E-state index in [1.807, 2.05) is 18.2 Å². The first-order chi connectivity index (χ1) is 15.5. The summed E-state index contributed by atoms with van der Waals surface area (Å²) < 4.78 is 10.5. The zero-order valence-electron chi connectivity index (χ0n) is 18.4. The lowest BCUT2D eigenvalue weighted by Gasteiger charge is -2.36. The van der Waals surface area contributed by atoms with E-state index < -0.39 is 11.8 Å². The van der Waals surface area contributed by atoms with Gasteiger partial charge >= 0.3 is 11.8 Å². The van der Waals surface area contributed by atoms with Gasteiger partial charge in [-0.15, -0.1) is 0 Å². The number of anilines is 2. The molecule has 2 aromatic carbocycles. The predicted octanol–water partition coefficient (Wildman–Crippen LogP) is 2.62. The van der Waals surface area contributed by atoms with E-state index >= 15 is 0 Å². The molecule has 8 nitrogen and oxygen atoms in total. The van der Waals surface area contributed by atoms with Crippen molar-refractivity contribution in [2.75, 3.05) is 63.7 Å². The number of halogens is 1. The molecule has 0 unspecified atom stereocenters. The van der Waals surface area contributed by atoms with Gasteiger partial charge in [-0.05, 0) is 43.3 Å². The number of rotatable bonds is 8. The number of nitrogens with one attached hydrogen (secondary N) is 2. The minimum Gasteiger partial charge on any atom is -0.495 e. The molecule has 32 heavy (non-hydrogen) atoms. The molecule has 172 valence electrons. The second kappa shape index (κ2) is 11.6. The van der Waals surface area contributed by atoms with E-state index in [0.29, 0.717) is 23.0 Å². The van der Waals surface area contributed by atoms with Crippen LogP contribution in [-0.4, -0.2) is 70.2 Å². The normalized spacial score (nSPS) is 14.0. The fraction of sp³-hybridized carbons (Fsp3) is 0.391. The van der Waals surface area contributed by atoms with Gasteiger partial charge in [-0.3, -0.25) is 14.5 Å². The Balaban J connectivity index is 1.35. The maximum atomic E-state index is 12.1. The molecular weight excluding hydrogens is 432 g/mol. The molecule has 1 heterocycles. The van der Waals surface area contributed by atoms with Gasteiger partial charge in [-0.25, -0.2) is 0 Å². The van der Waals surface area contributed by atoms with Crippen LogP contribution in [0.2, 0.25) is 5.02 Å². The Labute approximate surface area is 193 Å². The number of carbonyl (C=O) groups excluding carboxylic acids is 2. The summed E-state index contributed by atoms with van der Waals surface area (Å²) >= 11 is 6.04. The summed E-state index contributed by atoms with van der Waals surface area (Å²) in [6, 6.07) is 12.8. The molecule has 0 aromatic heterocycles. The van der Waals surface area contributed by atoms with Gasteiger partial charge in [0.05, 0.1) is 24.9 Å². The van der Waals surface area contributed by atoms with Crippen LogP contribution in [0.4, 0.5) is 11.4 Å². The molecule has 3 rings (SSSR count). The van der Waals surface area contributed by atoms with Gasteiger partial charge in [0, 0.05) is 38.4 Å². The number of hydrogen-bond donors (Lipinski definition) is 2. The van der Waals surface area contributed by atoms with Crippen molar-refractivity contribution in [3.05, 3.63) is 47.5 Å². The van der Waals surface area contributed by atoms with Gasteiger partial charge in [-0.2, -0.15) is 0 Å².